The summed E-state index contributed by atoms with van der Waals surface area (Å²) in [6, 6.07) is -0.0408. The smallest absolute Gasteiger partial charge is 0.329 e. The van der Waals surface area contributed by atoms with Crippen LogP contribution in [0.5, 0.6) is 0 Å². The maximum absolute atomic E-state index is 12.2. The van der Waals surface area contributed by atoms with Crippen molar-refractivity contribution < 1.29 is 14.7 Å². The molecule has 1 aliphatic carbocycles. The summed E-state index contributed by atoms with van der Waals surface area (Å²) in [4.78, 5) is 25.3. The molecular weight excluding hydrogens is 232 g/mol. The molecule has 2 fully saturated rings. The maximum Gasteiger partial charge on any atom is 0.329 e. The number of rotatable bonds is 3. The molecule has 2 rings (SSSR count). The molecule has 1 aliphatic heterocycles. The van der Waals surface area contributed by atoms with Crippen molar-refractivity contribution in [3.05, 3.63) is 0 Å². The highest BCUT2D eigenvalue weighted by Crippen LogP contribution is 2.40. The minimum Gasteiger partial charge on any atom is -0.480 e. The van der Waals surface area contributed by atoms with Gasteiger partial charge in [-0.15, -0.1) is 0 Å². The van der Waals surface area contributed by atoms with Gasteiger partial charge in [0.15, 0.2) is 0 Å². The SMILES string of the molecule is CC1CC(C)N(C(=O)NC(C)(C(=O)O)C2CC2)C1. The second-order valence-corrected chi connectivity index (χ2v) is 6.05. The van der Waals surface area contributed by atoms with Gasteiger partial charge in [0.05, 0.1) is 0 Å². The lowest BCUT2D eigenvalue weighted by molar-refractivity contribution is -0.144. The first kappa shape index (κ1) is 13.2. The van der Waals surface area contributed by atoms with Crippen LogP contribution in [0.1, 0.15) is 40.0 Å². The molecule has 18 heavy (non-hydrogen) atoms. The number of carboxylic acid groups (broad SMARTS) is 1. The Morgan fingerprint density at radius 1 is 1.33 bits per heavy atom. The average molecular weight is 254 g/mol. The highest BCUT2D eigenvalue weighted by Gasteiger charge is 2.49. The van der Waals surface area contributed by atoms with E-state index < -0.39 is 11.5 Å². The molecule has 1 heterocycles. The highest BCUT2D eigenvalue weighted by atomic mass is 16.4. The van der Waals surface area contributed by atoms with Gasteiger partial charge < -0.3 is 15.3 Å². The molecule has 1 saturated carbocycles. The predicted molar refractivity (Wildman–Crippen MR) is 67.2 cm³/mol. The summed E-state index contributed by atoms with van der Waals surface area (Å²) in [6.07, 6.45) is 2.75. The number of nitrogens with one attached hydrogen (secondary N) is 1. The molecule has 0 spiro atoms. The molecule has 3 unspecified atom stereocenters. The lowest BCUT2D eigenvalue weighted by Crippen LogP contribution is -2.58. The van der Waals surface area contributed by atoms with E-state index in [1.54, 1.807) is 11.8 Å². The summed E-state index contributed by atoms with van der Waals surface area (Å²) < 4.78 is 0. The average Bonchev–Trinajstić information content (AvgIpc) is 3.04. The van der Waals surface area contributed by atoms with Crippen LogP contribution in [0.15, 0.2) is 0 Å². The number of carbonyl (C=O) groups excluding carboxylic acids is 1. The maximum atomic E-state index is 12.2. The normalized spacial score (nSPS) is 30.9. The van der Waals surface area contributed by atoms with E-state index in [9.17, 15) is 14.7 Å². The molecule has 3 atom stereocenters. The van der Waals surface area contributed by atoms with Crippen LogP contribution in [-0.2, 0) is 4.79 Å². The Balaban J connectivity index is 2.04. The van der Waals surface area contributed by atoms with Crippen LogP contribution >= 0.6 is 0 Å². The van der Waals surface area contributed by atoms with Crippen molar-refractivity contribution >= 4 is 12.0 Å². The van der Waals surface area contributed by atoms with Gasteiger partial charge in [0.1, 0.15) is 5.54 Å². The molecule has 0 radical (unpaired) electrons. The Kier molecular flexibility index (Phi) is 3.25. The Hall–Kier alpha value is -1.26. The van der Waals surface area contributed by atoms with Crippen LogP contribution in [0.2, 0.25) is 0 Å². The number of amides is 2. The zero-order valence-corrected chi connectivity index (χ0v) is 11.3. The minimum atomic E-state index is -1.11. The number of carboxylic acids is 1. The standard InChI is InChI=1S/C13H22N2O3/c1-8-6-9(2)15(7-8)12(18)14-13(3,11(16)17)10-4-5-10/h8-10H,4-7H2,1-3H3,(H,14,18)(H,16,17). The second-order valence-electron chi connectivity index (χ2n) is 6.05. The van der Waals surface area contributed by atoms with E-state index in [0.29, 0.717) is 12.5 Å². The van der Waals surface area contributed by atoms with Crippen molar-refractivity contribution in [2.24, 2.45) is 11.8 Å². The lowest BCUT2D eigenvalue weighted by atomic mass is 9.96. The van der Waals surface area contributed by atoms with Crippen LogP contribution in [0.3, 0.4) is 0 Å². The van der Waals surface area contributed by atoms with E-state index in [4.69, 9.17) is 0 Å². The molecule has 2 amide bonds. The molecule has 2 N–H and O–H groups in total. The number of aliphatic carboxylic acids is 1. The number of hydrogen-bond donors (Lipinski definition) is 2. The summed E-state index contributed by atoms with van der Waals surface area (Å²) in [7, 11) is 0. The van der Waals surface area contributed by atoms with Gasteiger partial charge in [0.25, 0.3) is 0 Å². The van der Waals surface area contributed by atoms with Gasteiger partial charge in [-0.25, -0.2) is 9.59 Å². The Bertz CT molecular complexity index is 367. The summed E-state index contributed by atoms with van der Waals surface area (Å²) in [6.45, 7) is 6.46. The van der Waals surface area contributed by atoms with Gasteiger partial charge >= 0.3 is 12.0 Å². The zero-order valence-electron chi connectivity index (χ0n) is 11.3. The van der Waals surface area contributed by atoms with Crippen LogP contribution < -0.4 is 5.32 Å². The van der Waals surface area contributed by atoms with Crippen molar-refractivity contribution in [3.8, 4) is 0 Å². The molecule has 1 saturated heterocycles. The van der Waals surface area contributed by atoms with E-state index in [-0.39, 0.29) is 18.0 Å². The van der Waals surface area contributed by atoms with Crippen LogP contribution in [0.25, 0.3) is 0 Å². The Morgan fingerprint density at radius 2 is 1.94 bits per heavy atom. The lowest BCUT2D eigenvalue weighted by Gasteiger charge is -2.30. The third-order valence-corrected chi connectivity index (χ3v) is 4.25. The van der Waals surface area contributed by atoms with E-state index in [0.717, 1.165) is 19.3 Å². The van der Waals surface area contributed by atoms with Crippen molar-refractivity contribution in [2.45, 2.75) is 51.6 Å². The van der Waals surface area contributed by atoms with Crippen molar-refractivity contribution in [1.82, 2.24) is 10.2 Å². The van der Waals surface area contributed by atoms with Crippen LogP contribution in [-0.4, -0.2) is 40.1 Å². The highest BCUT2D eigenvalue weighted by molar-refractivity contribution is 5.86. The van der Waals surface area contributed by atoms with Crippen molar-refractivity contribution in [2.75, 3.05) is 6.54 Å². The van der Waals surface area contributed by atoms with E-state index in [2.05, 4.69) is 12.2 Å². The van der Waals surface area contributed by atoms with Crippen molar-refractivity contribution in [1.29, 1.82) is 0 Å². The molecule has 5 nitrogen and oxygen atoms in total. The van der Waals surface area contributed by atoms with E-state index >= 15 is 0 Å². The van der Waals surface area contributed by atoms with Crippen LogP contribution in [0.4, 0.5) is 4.79 Å². The van der Waals surface area contributed by atoms with Gasteiger partial charge in [0.2, 0.25) is 0 Å². The van der Waals surface area contributed by atoms with Gasteiger partial charge in [-0.05, 0) is 44.9 Å². The van der Waals surface area contributed by atoms with E-state index in [1.807, 2.05) is 6.92 Å². The predicted octanol–water partition coefficient (Wildman–Crippen LogP) is 1.68. The monoisotopic (exact) mass is 254 g/mol. The van der Waals surface area contributed by atoms with Gasteiger partial charge in [-0.2, -0.15) is 0 Å². The molecule has 0 bridgehead atoms. The van der Waals surface area contributed by atoms with Gasteiger partial charge in [-0.3, -0.25) is 0 Å². The fraction of sp³-hybridized carbons (Fsp3) is 0.846. The van der Waals surface area contributed by atoms with Gasteiger partial charge in [-0.1, -0.05) is 6.92 Å². The third-order valence-electron chi connectivity index (χ3n) is 4.25. The molecule has 0 aromatic rings. The summed E-state index contributed by atoms with van der Waals surface area (Å²) >= 11 is 0. The minimum absolute atomic E-state index is 0.0780. The zero-order chi connectivity index (χ0) is 13.5. The fourth-order valence-electron chi connectivity index (χ4n) is 2.87. The molecule has 102 valence electrons. The van der Waals surface area contributed by atoms with E-state index in [1.165, 1.54) is 0 Å². The quantitative estimate of drug-likeness (QED) is 0.805. The Morgan fingerprint density at radius 3 is 2.33 bits per heavy atom. The number of hydrogen-bond acceptors (Lipinski definition) is 2. The first-order valence-corrected chi connectivity index (χ1v) is 6.66. The number of carbonyl (C=O) groups is 2. The van der Waals surface area contributed by atoms with Crippen LogP contribution in [0, 0.1) is 11.8 Å². The molecule has 2 aliphatic rings. The second kappa shape index (κ2) is 4.44. The molecule has 0 aromatic heterocycles. The molecule has 0 aromatic carbocycles. The fourth-order valence-corrected chi connectivity index (χ4v) is 2.87. The number of nitrogens with zero attached hydrogens (tertiary/aromatic N) is 1. The summed E-state index contributed by atoms with van der Waals surface area (Å²) in [5.41, 5.74) is -1.11. The molecule has 5 heteroatoms. The first-order chi connectivity index (χ1) is 8.34. The Labute approximate surface area is 108 Å². The summed E-state index contributed by atoms with van der Waals surface area (Å²) in [5.74, 6) is -0.365. The third kappa shape index (κ3) is 2.31. The topological polar surface area (TPSA) is 69.6 Å². The first-order valence-electron chi connectivity index (χ1n) is 6.66. The number of likely N-dealkylation sites (tertiary alicyclic amines) is 1. The van der Waals surface area contributed by atoms with Crippen molar-refractivity contribution in [3.63, 3.8) is 0 Å². The van der Waals surface area contributed by atoms with Gasteiger partial charge in [0, 0.05) is 12.6 Å². The number of urea groups is 1. The molecular formula is C13H22N2O3. The largest absolute Gasteiger partial charge is 0.480 e. The summed E-state index contributed by atoms with van der Waals surface area (Å²) in [5, 5.41) is 12.1.